The molecule has 0 radical (unpaired) electrons. The Morgan fingerprint density at radius 3 is 2.43 bits per heavy atom. The zero-order valence-electron chi connectivity index (χ0n) is 14.5. The summed E-state index contributed by atoms with van der Waals surface area (Å²) < 4.78 is 25.9. The molecule has 7 heteroatoms. The van der Waals surface area contributed by atoms with Crippen LogP contribution in [0.3, 0.4) is 0 Å². The minimum absolute atomic E-state index is 0.154. The van der Waals surface area contributed by atoms with Crippen molar-refractivity contribution in [2.75, 3.05) is 25.9 Å². The number of piperidine rings is 1. The van der Waals surface area contributed by atoms with Gasteiger partial charge in [0.15, 0.2) is 0 Å². The fraction of sp³-hybridized carbons (Fsp3) is 0.812. The summed E-state index contributed by atoms with van der Waals surface area (Å²) in [6.45, 7) is 9.83. The second kappa shape index (κ2) is 5.79. The molecule has 2 aliphatic rings. The van der Waals surface area contributed by atoms with Gasteiger partial charge in [-0.1, -0.05) is 0 Å². The first-order valence-corrected chi connectivity index (χ1v) is 10.9. The minimum Gasteiger partial charge on any atom is -0.297 e. The second-order valence-corrected chi connectivity index (χ2v) is 10.9. The van der Waals surface area contributed by atoms with E-state index in [0.717, 1.165) is 49.6 Å². The van der Waals surface area contributed by atoms with E-state index >= 15 is 0 Å². The Morgan fingerprint density at radius 1 is 1.30 bits per heavy atom. The van der Waals surface area contributed by atoms with E-state index in [-0.39, 0.29) is 11.0 Å². The fourth-order valence-electron chi connectivity index (χ4n) is 4.38. The molecular weight excluding hydrogens is 330 g/mol. The highest BCUT2D eigenvalue weighted by atomic mass is 32.2. The van der Waals surface area contributed by atoms with E-state index in [0.29, 0.717) is 6.54 Å². The van der Waals surface area contributed by atoms with Crippen LogP contribution in [-0.2, 0) is 16.6 Å². The molecule has 0 amide bonds. The zero-order chi connectivity index (χ0) is 16.9. The van der Waals surface area contributed by atoms with Gasteiger partial charge in [-0.3, -0.25) is 4.90 Å². The quantitative estimate of drug-likeness (QED) is 0.834. The van der Waals surface area contributed by atoms with E-state index in [2.05, 4.69) is 29.1 Å². The smallest absolute Gasteiger partial charge is 0.211 e. The largest absolute Gasteiger partial charge is 0.297 e. The standard InChI is InChI=1S/C16H27N3O2S2/c1-13-17-14(10-22-13)9-18-7-5-16(6-8-18)11-15(2,3)19(12-16)23(4,20)21/h10H,5-9,11-12H2,1-4H3. The van der Waals surface area contributed by atoms with Crippen LogP contribution in [-0.4, -0.2) is 54.0 Å². The topological polar surface area (TPSA) is 53.5 Å². The molecule has 23 heavy (non-hydrogen) atoms. The molecule has 1 spiro atoms. The lowest BCUT2D eigenvalue weighted by Gasteiger charge is -2.39. The molecule has 0 aromatic carbocycles. The first-order valence-electron chi connectivity index (χ1n) is 8.21. The van der Waals surface area contributed by atoms with Gasteiger partial charge in [0.2, 0.25) is 10.0 Å². The van der Waals surface area contributed by atoms with Crippen molar-refractivity contribution < 1.29 is 8.42 Å². The molecule has 2 saturated heterocycles. The SMILES string of the molecule is Cc1nc(CN2CCC3(CC2)CN(S(C)(=O)=O)C(C)(C)C3)cs1. The summed E-state index contributed by atoms with van der Waals surface area (Å²) >= 11 is 1.70. The molecule has 1 aromatic rings. The third-order valence-electron chi connectivity index (χ3n) is 5.33. The normalized spacial score (nSPS) is 25.2. The molecule has 0 aliphatic carbocycles. The first-order chi connectivity index (χ1) is 10.6. The molecule has 2 fully saturated rings. The number of aryl methyl sites for hydroxylation is 1. The molecule has 0 unspecified atom stereocenters. The van der Waals surface area contributed by atoms with Crippen molar-refractivity contribution in [2.45, 2.75) is 52.1 Å². The third-order valence-corrected chi connectivity index (χ3v) is 7.58. The lowest BCUT2D eigenvalue weighted by molar-refractivity contribution is 0.106. The number of thiazole rings is 1. The number of hydrogen-bond donors (Lipinski definition) is 0. The number of hydrogen-bond acceptors (Lipinski definition) is 5. The number of likely N-dealkylation sites (tertiary alicyclic amines) is 1. The van der Waals surface area contributed by atoms with Crippen LogP contribution in [0.4, 0.5) is 0 Å². The summed E-state index contributed by atoms with van der Waals surface area (Å²) in [5.41, 5.74) is 1.05. The molecule has 0 saturated carbocycles. The molecule has 130 valence electrons. The zero-order valence-corrected chi connectivity index (χ0v) is 16.1. The average molecular weight is 358 g/mol. The molecule has 0 bridgehead atoms. The highest BCUT2D eigenvalue weighted by Crippen LogP contribution is 2.48. The minimum atomic E-state index is -3.13. The molecule has 0 N–H and O–H groups in total. The van der Waals surface area contributed by atoms with Crippen LogP contribution >= 0.6 is 11.3 Å². The van der Waals surface area contributed by atoms with Crippen LogP contribution in [0.15, 0.2) is 5.38 Å². The van der Waals surface area contributed by atoms with Crippen LogP contribution in [0.5, 0.6) is 0 Å². The number of sulfonamides is 1. The summed E-state index contributed by atoms with van der Waals surface area (Å²) in [5, 5.41) is 3.26. The number of aromatic nitrogens is 1. The molecule has 0 atom stereocenters. The van der Waals surface area contributed by atoms with Crippen molar-refractivity contribution in [1.29, 1.82) is 0 Å². The molecule has 3 heterocycles. The van der Waals surface area contributed by atoms with Crippen molar-refractivity contribution in [3.63, 3.8) is 0 Å². The van der Waals surface area contributed by atoms with Gasteiger partial charge >= 0.3 is 0 Å². The van der Waals surface area contributed by atoms with Crippen LogP contribution in [0.2, 0.25) is 0 Å². The van der Waals surface area contributed by atoms with Gasteiger partial charge in [-0.2, -0.15) is 4.31 Å². The van der Waals surface area contributed by atoms with Crippen molar-refractivity contribution in [3.8, 4) is 0 Å². The lowest BCUT2D eigenvalue weighted by atomic mass is 9.74. The van der Waals surface area contributed by atoms with Crippen molar-refractivity contribution in [1.82, 2.24) is 14.2 Å². The first kappa shape index (κ1) is 17.3. The van der Waals surface area contributed by atoms with Crippen molar-refractivity contribution >= 4 is 21.4 Å². The van der Waals surface area contributed by atoms with Gasteiger partial charge in [0.05, 0.1) is 17.0 Å². The third kappa shape index (κ3) is 3.62. The van der Waals surface area contributed by atoms with Gasteiger partial charge in [-0.15, -0.1) is 11.3 Å². The Balaban J connectivity index is 1.64. The number of nitrogens with zero attached hydrogens (tertiary/aromatic N) is 3. The van der Waals surface area contributed by atoms with E-state index in [1.165, 1.54) is 6.26 Å². The predicted octanol–water partition coefficient (Wildman–Crippen LogP) is 2.48. The van der Waals surface area contributed by atoms with E-state index in [9.17, 15) is 8.42 Å². The summed E-state index contributed by atoms with van der Waals surface area (Å²) in [5.74, 6) is 0. The lowest BCUT2D eigenvalue weighted by Crippen LogP contribution is -2.43. The Bertz CT molecular complexity index is 673. The van der Waals surface area contributed by atoms with Crippen LogP contribution in [0.1, 0.15) is 43.8 Å². The monoisotopic (exact) mass is 357 g/mol. The molecule has 3 rings (SSSR count). The van der Waals surface area contributed by atoms with Gasteiger partial charge in [-0.05, 0) is 58.5 Å². The number of rotatable bonds is 3. The van der Waals surface area contributed by atoms with E-state index in [4.69, 9.17) is 0 Å². The predicted molar refractivity (Wildman–Crippen MR) is 94.0 cm³/mol. The molecule has 1 aromatic heterocycles. The summed E-state index contributed by atoms with van der Waals surface area (Å²) in [6.07, 6.45) is 4.46. The summed E-state index contributed by atoms with van der Waals surface area (Å²) in [4.78, 5) is 7.00. The van der Waals surface area contributed by atoms with Gasteiger partial charge in [-0.25, -0.2) is 13.4 Å². The summed E-state index contributed by atoms with van der Waals surface area (Å²) in [6, 6.07) is 0. The Labute approximate surface area is 143 Å². The van der Waals surface area contributed by atoms with E-state index < -0.39 is 10.0 Å². The van der Waals surface area contributed by atoms with Gasteiger partial charge in [0.25, 0.3) is 0 Å². The van der Waals surface area contributed by atoms with Gasteiger partial charge < -0.3 is 0 Å². The van der Waals surface area contributed by atoms with Crippen molar-refractivity contribution in [3.05, 3.63) is 16.1 Å². The Hall–Kier alpha value is -0.500. The van der Waals surface area contributed by atoms with Crippen LogP contribution in [0.25, 0.3) is 0 Å². The maximum Gasteiger partial charge on any atom is 0.211 e. The van der Waals surface area contributed by atoms with E-state index in [1.54, 1.807) is 15.6 Å². The summed E-state index contributed by atoms with van der Waals surface area (Å²) in [7, 11) is -3.13. The van der Waals surface area contributed by atoms with Crippen LogP contribution in [0, 0.1) is 12.3 Å². The van der Waals surface area contributed by atoms with Gasteiger partial charge in [0, 0.05) is 24.0 Å². The van der Waals surface area contributed by atoms with Crippen molar-refractivity contribution in [2.24, 2.45) is 5.41 Å². The highest BCUT2D eigenvalue weighted by Gasteiger charge is 2.52. The molecular formula is C16H27N3O2S2. The van der Waals surface area contributed by atoms with Crippen LogP contribution < -0.4 is 0 Å². The fourth-order valence-corrected chi connectivity index (χ4v) is 6.45. The molecule has 5 nitrogen and oxygen atoms in total. The molecule has 2 aliphatic heterocycles. The van der Waals surface area contributed by atoms with Gasteiger partial charge in [0.1, 0.15) is 0 Å². The highest BCUT2D eigenvalue weighted by molar-refractivity contribution is 7.88. The maximum absolute atomic E-state index is 12.1. The second-order valence-electron chi connectivity index (χ2n) is 7.89. The maximum atomic E-state index is 12.1. The Morgan fingerprint density at radius 2 is 1.96 bits per heavy atom. The average Bonchev–Trinajstić information content (AvgIpc) is 2.94. The van der Waals surface area contributed by atoms with E-state index in [1.807, 2.05) is 6.92 Å². The Kier molecular flexibility index (Phi) is 4.36.